The van der Waals surface area contributed by atoms with Crippen molar-refractivity contribution < 1.29 is 15.0 Å². The maximum Gasteiger partial charge on any atom is 0.270 e. The molecule has 0 aromatic carbocycles. The van der Waals surface area contributed by atoms with E-state index < -0.39 is 11.7 Å². The Kier molecular flexibility index (Phi) is 4.51. The summed E-state index contributed by atoms with van der Waals surface area (Å²) in [6.45, 7) is 0.708. The van der Waals surface area contributed by atoms with Gasteiger partial charge in [-0.3, -0.25) is 9.78 Å². The first-order valence-electron chi connectivity index (χ1n) is 7.16. The molecule has 0 saturated carbocycles. The Balaban J connectivity index is 1.59. The Labute approximate surface area is 136 Å². The largest absolute Gasteiger partial charge is 0.388 e. The van der Waals surface area contributed by atoms with Crippen LogP contribution >= 0.6 is 11.3 Å². The van der Waals surface area contributed by atoms with E-state index >= 15 is 0 Å². The van der Waals surface area contributed by atoms with Crippen LogP contribution in [0.15, 0.2) is 29.5 Å². The molecule has 3 heterocycles. The van der Waals surface area contributed by atoms with E-state index in [0.717, 1.165) is 0 Å². The second-order valence-corrected chi connectivity index (χ2v) is 6.15. The van der Waals surface area contributed by atoms with E-state index in [2.05, 4.69) is 20.3 Å². The number of carbonyl (C=O) groups is 1. The molecule has 3 N–H and O–H groups in total. The number of aliphatic hydroxyl groups is 2. The Morgan fingerprint density at radius 1 is 1.48 bits per heavy atom. The van der Waals surface area contributed by atoms with E-state index in [1.165, 1.54) is 11.3 Å². The van der Waals surface area contributed by atoms with Crippen molar-refractivity contribution in [3.8, 4) is 0 Å². The molecule has 0 unspecified atom stereocenters. The lowest BCUT2D eigenvalue weighted by Gasteiger charge is -2.42. The molecule has 2 aromatic rings. The molecule has 0 radical (unpaired) electrons. The third-order valence-corrected chi connectivity index (χ3v) is 4.51. The summed E-state index contributed by atoms with van der Waals surface area (Å²) < 4.78 is 0. The molecule has 122 valence electrons. The predicted molar refractivity (Wildman–Crippen MR) is 84.3 cm³/mol. The first-order chi connectivity index (χ1) is 11.1. The van der Waals surface area contributed by atoms with Crippen molar-refractivity contribution in [2.24, 2.45) is 0 Å². The molecule has 3 rings (SSSR count). The standard InChI is InChI=1S/C14H17N5O3S/c20-11-6-19(12-5-15-2-3-16-12)4-1-14(11,22)8-17-13(21)10-7-23-9-18-10/h2-3,5,7,9,11,20,22H,1,4,6,8H2,(H,17,21)/t11-,14-/m1/s1. The minimum Gasteiger partial charge on any atom is -0.388 e. The molecule has 0 aliphatic carbocycles. The lowest BCUT2D eigenvalue weighted by molar-refractivity contribution is -0.0825. The number of hydrogen-bond donors (Lipinski definition) is 3. The van der Waals surface area contributed by atoms with E-state index in [-0.39, 0.29) is 19.0 Å². The summed E-state index contributed by atoms with van der Waals surface area (Å²) in [5.74, 6) is 0.295. The van der Waals surface area contributed by atoms with Gasteiger partial charge in [0.2, 0.25) is 0 Å². The van der Waals surface area contributed by atoms with Gasteiger partial charge >= 0.3 is 0 Å². The van der Waals surface area contributed by atoms with Gasteiger partial charge in [-0.25, -0.2) is 9.97 Å². The lowest BCUT2D eigenvalue weighted by atomic mass is 9.88. The molecule has 8 nitrogen and oxygen atoms in total. The Morgan fingerprint density at radius 3 is 3.00 bits per heavy atom. The fourth-order valence-corrected chi connectivity index (χ4v) is 3.01. The zero-order valence-electron chi connectivity index (χ0n) is 12.3. The minimum absolute atomic E-state index is 0.0289. The maximum atomic E-state index is 11.9. The summed E-state index contributed by atoms with van der Waals surface area (Å²) in [6, 6.07) is 0. The number of piperidine rings is 1. The summed E-state index contributed by atoms with van der Waals surface area (Å²) >= 11 is 1.32. The van der Waals surface area contributed by atoms with Crippen molar-refractivity contribution in [3.05, 3.63) is 35.2 Å². The Hall–Kier alpha value is -2.10. The van der Waals surface area contributed by atoms with Crippen molar-refractivity contribution in [2.45, 2.75) is 18.1 Å². The van der Waals surface area contributed by atoms with Crippen LogP contribution in [0, 0.1) is 0 Å². The molecule has 0 spiro atoms. The monoisotopic (exact) mass is 335 g/mol. The third kappa shape index (κ3) is 3.46. The third-order valence-electron chi connectivity index (χ3n) is 3.92. The molecule has 9 heteroatoms. The molecule has 2 atom stereocenters. The van der Waals surface area contributed by atoms with Crippen molar-refractivity contribution in [3.63, 3.8) is 0 Å². The number of aliphatic hydroxyl groups excluding tert-OH is 1. The number of rotatable bonds is 4. The van der Waals surface area contributed by atoms with Crippen LogP contribution in [0.4, 0.5) is 5.82 Å². The SMILES string of the molecule is O=C(NC[C@]1(O)CCN(c2cnccn2)C[C@H]1O)c1cscn1. The van der Waals surface area contributed by atoms with E-state index in [0.29, 0.717) is 24.5 Å². The van der Waals surface area contributed by atoms with Gasteiger partial charge in [0.15, 0.2) is 0 Å². The number of nitrogens with zero attached hydrogens (tertiary/aromatic N) is 4. The first kappa shape index (κ1) is 15.8. The Morgan fingerprint density at radius 2 is 2.35 bits per heavy atom. The first-order valence-corrected chi connectivity index (χ1v) is 8.10. The number of carbonyl (C=O) groups excluding carboxylic acids is 1. The summed E-state index contributed by atoms with van der Waals surface area (Å²) in [6.07, 6.45) is 4.07. The van der Waals surface area contributed by atoms with E-state index in [4.69, 9.17) is 0 Å². The summed E-state index contributed by atoms with van der Waals surface area (Å²) in [5, 5.41) is 25.2. The van der Waals surface area contributed by atoms with E-state index in [9.17, 15) is 15.0 Å². The fourth-order valence-electron chi connectivity index (χ4n) is 2.48. The average Bonchev–Trinajstić information content (AvgIpc) is 3.11. The van der Waals surface area contributed by atoms with Crippen LogP contribution < -0.4 is 10.2 Å². The number of nitrogens with one attached hydrogen (secondary N) is 1. The second-order valence-electron chi connectivity index (χ2n) is 5.44. The normalized spacial score (nSPS) is 24.4. The zero-order valence-corrected chi connectivity index (χ0v) is 13.1. The average molecular weight is 335 g/mol. The number of thiazole rings is 1. The number of anilines is 1. The quantitative estimate of drug-likeness (QED) is 0.701. The number of amides is 1. The molecule has 1 aliphatic rings. The zero-order chi connectivity index (χ0) is 16.3. The smallest absolute Gasteiger partial charge is 0.270 e. The minimum atomic E-state index is -1.37. The molecule has 0 bridgehead atoms. The molecule has 1 fully saturated rings. The summed E-state index contributed by atoms with van der Waals surface area (Å²) in [7, 11) is 0. The van der Waals surface area contributed by atoms with Crippen LogP contribution in [0.2, 0.25) is 0 Å². The van der Waals surface area contributed by atoms with Gasteiger partial charge in [-0.1, -0.05) is 0 Å². The summed E-state index contributed by atoms with van der Waals surface area (Å²) in [5.41, 5.74) is 0.507. The van der Waals surface area contributed by atoms with Gasteiger partial charge in [0, 0.05) is 37.4 Å². The van der Waals surface area contributed by atoms with E-state index in [1.807, 2.05) is 4.90 Å². The molecular formula is C14H17N5O3S. The molecular weight excluding hydrogens is 318 g/mol. The van der Waals surface area contributed by atoms with Crippen LogP contribution in [0.5, 0.6) is 0 Å². The van der Waals surface area contributed by atoms with E-state index in [1.54, 1.807) is 29.5 Å². The number of hydrogen-bond acceptors (Lipinski definition) is 8. The fraction of sp³-hybridized carbons (Fsp3) is 0.429. The van der Waals surface area contributed by atoms with Crippen LogP contribution in [0.3, 0.4) is 0 Å². The van der Waals surface area contributed by atoms with Crippen LogP contribution in [0.1, 0.15) is 16.9 Å². The van der Waals surface area contributed by atoms with Crippen molar-refractivity contribution in [2.75, 3.05) is 24.5 Å². The van der Waals surface area contributed by atoms with Gasteiger partial charge < -0.3 is 20.4 Å². The van der Waals surface area contributed by atoms with Gasteiger partial charge in [0.25, 0.3) is 5.91 Å². The van der Waals surface area contributed by atoms with Crippen LogP contribution in [-0.2, 0) is 0 Å². The molecule has 1 saturated heterocycles. The van der Waals surface area contributed by atoms with Crippen molar-refractivity contribution in [1.29, 1.82) is 0 Å². The maximum absolute atomic E-state index is 11.9. The highest BCUT2D eigenvalue weighted by Gasteiger charge is 2.41. The van der Waals surface area contributed by atoms with Gasteiger partial charge in [-0.2, -0.15) is 0 Å². The summed E-state index contributed by atoms with van der Waals surface area (Å²) in [4.78, 5) is 25.8. The molecule has 2 aromatic heterocycles. The topological polar surface area (TPSA) is 111 Å². The number of aromatic nitrogens is 3. The highest BCUT2D eigenvalue weighted by molar-refractivity contribution is 7.07. The molecule has 1 aliphatic heterocycles. The van der Waals surface area contributed by atoms with Crippen LogP contribution in [0.25, 0.3) is 0 Å². The molecule has 1 amide bonds. The van der Waals surface area contributed by atoms with Gasteiger partial charge in [0.1, 0.15) is 23.2 Å². The Bertz CT molecular complexity index is 654. The molecule has 23 heavy (non-hydrogen) atoms. The van der Waals surface area contributed by atoms with Crippen molar-refractivity contribution in [1.82, 2.24) is 20.3 Å². The van der Waals surface area contributed by atoms with Gasteiger partial charge in [-0.15, -0.1) is 11.3 Å². The highest BCUT2D eigenvalue weighted by Crippen LogP contribution is 2.25. The van der Waals surface area contributed by atoms with Crippen molar-refractivity contribution >= 4 is 23.1 Å². The van der Waals surface area contributed by atoms with Gasteiger partial charge in [-0.05, 0) is 6.42 Å². The van der Waals surface area contributed by atoms with Gasteiger partial charge in [0.05, 0.1) is 11.7 Å². The predicted octanol–water partition coefficient (Wildman–Crippen LogP) is -0.335. The van der Waals surface area contributed by atoms with Crippen LogP contribution in [-0.4, -0.2) is 62.4 Å². The highest BCUT2D eigenvalue weighted by atomic mass is 32.1. The number of β-amino-alcohol motifs (C(OH)–C–C–N with tert-alkyl or cyclic N) is 1. The lowest BCUT2D eigenvalue weighted by Crippen LogP contribution is -2.60. The second kappa shape index (κ2) is 6.57.